The van der Waals surface area contributed by atoms with Gasteiger partial charge in [0.1, 0.15) is 0 Å². The molecule has 1 heterocycles. The molecule has 2 aromatic rings. The minimum Gasteiger partial charge on any atom is -0.192 e. The van der Waals surface area contributed by atoms with Crippen molar-refractivity contribution in [3.05, 3.63) is 56.7 Å². The van der Waals surface area contributed by atoms with Crippen molar-refractivity contribution in [3.63, 3.8) is 0 Å². The van der Waals surface area contributed by atoms with E-state index in [-0.39, 0.29) is 11.1 Å². The Morgan fingerprint density at radius 2 is 2.00 bits per heavy atom. The van der Waals surface area contributed by atoms with Crippen molar-refractivity contribution in [1.29, 1.82) is 5.26 Å². The molecular weight excluding hydrogens is 307 g/mol. The third kappa shape index (κ3) is 3.41. The Hall–Kier alpha value is -1.77. The molecule has 0 unspecified atom stereocenters. The van der Waals surface area contributed by atoms with Gasteiger partial charge < -0.3 is 0 Å². The minimum atomic E-state index is -4.43. The summed E-state index contributed by atoms with van der Waals surface area (Å²) < 4.78 is 38.5. The van der Waals surface area contributed by atoms with Crippen molar-refractivity contribution in [2.45, 2.75) is 6.18 Å². The maximum atomic E-state index is 12.6. The Morgan fingerprint density at radius 3 is 2.55 bits per heavy atom. The molecule has 0 N–H and O–H groups in total. The Balaban J connectivity index is 2.43. The van der Waals surface area contributed by atoms with Crippen LogP contribution in [-0.4, -0.2) is 0 Å². The second kappa shape index (κ2) is 5.70. The van der Waals surface area contributed by atoms with E-state index >= 15 is 0 Å². The van der Waals surface area contributed by atoms with E-state index in [1.165, 1.54) is 29.5 Å². The van der Waals surface area contributed by atoms with Gasteiger partial charge in [0.15, 0.2) is 0 Å². The van der Waals surface area contributed by atoms with Gasteiger partial charge >= 0.3 is 6.18 Å². The van der Waals surface area contributed by atoms with E-state index in [4.69, 9.17) is 16.9 Å². The van der Waals surface area contributed by atoms with Gasteiger partial charge in [0.05, 0.1) is 21.5 Å². The van der Waals surface area contributed by atoms with Crippen molar-refractivity contribution in [3.8, 4) is 6.07 Å². The van der Waals surface area contributed by atoms with E-state index in [0.29, 0.717) is 9.21 Å². The summed E-state index contributed by atoms with van der Waals surface area (Å²) in [4.78, 5) is 0.712. The third-order valence-electron chi connectivity index (χ3n) is 2.50. The molecule has 0 atom stereocenters. The topological polar surface area (TPSA) is 23.8 Å². The smallest absolute Gasteiger partial charge is 0.192 e. The summed E-state index contributed by atoms with van der Waals surface area (Å²) in [5.41, 5.74) is -0.387. The van der Waals surface area contributed by atoms with E-state index < -0.39 is 11.7 Å². The van der Waals surface area contributed by atoms with Gasteiger partial charge in [-0.1, -0.05) is 23.7 Å². The molecule has 2 rings (SSSR count). The lowest BCUT2D eigenvalue weighted by Gasteiger charge is -2.07. The highest BCUT2D eigenvalue weighted by molar-refractivity contribution is 7.17. The quantitative estimate of drug-likeness (QED) is 0.673. The molecule has 0 fully saturated rings. The molecule has 0 radical (unpaired) electrons. The summed E-state index contributed by atoms with van der Waals surface area (Å²) in [5.74, 6) is 0. The maximum Gasteiger partial charge on any atom is 0.416 e. The van der Waals surface area contributed by atoms with Gasteiger partial charge in [-0.25, -0.2) is 0 Å². The zero-order chi connectivity index (χ0) is 14.8. The first-order valence-electron chi connectivity index (χ1n) is 5.45. The molecule has 0 aliphatic heterocycles. The number of alkyl halides is 3. The molecule has 0 amide bonds. The normalized spacial score (nSPS) is 12.2. The highest BCUT2D eigenvalue weighted by Gasteiger charge is 2.30. The summed E-state index contributed by atoms with van der Waals surface area (Å²) in [6.07, 6.45) is -2.91. The van der Waals surface area contributed by atoms with Crippen LogP contribution >= 0.6 is 22.9 Å². The Kier molecular flexibility index (Phi) is 4.17. The lowest BCUT2D eigenvalue weighted by atomic mass is 10.0. The maximum absolute atomic E-state index is 12.6. The van der Waals surface area contributed by atoms with E-state index in [1.54, 1.807) is 12.1 Å². The van der Waals surface area contributed by atoms with Crippen LogP contribution in [0.15, 0.2) is 36.4 Å². The van der Waals surface area contributed by atoms with Gasteiger partial charge in [-0.05, 0) is 35.9 Å². The summed E-state index contributed by atoms with van der Waals surface area (Å²) in [7, 11) is 0. The van der Waals surface area contributed by atoms with Crippen molar-refractivity contribution < 1.29 is 13.2 Å². The number of hydrogen-bond donors (Lipinski definition) is 0. The molecule has 0 saturated heterocycles. The van der Waals surface area contributed by atoms with Crippen molar-refractivity contribution in [2.24, 2.45) is 0 Å². The highest BCUT2D eigenvalue weighted by Crippen LogP contribution is 2.32. The van der Waals surface area contributed by atoms with E-state index in [2.05, 4.69) is 0 Å². The predicted molar refractivity (Wildman–Crippen MR) is 74.3 cm³/mol. The first-order chi connectivity index (χ1) is 9.40. The van der Waals surface area contributed by atoms with Crippen LogP contribution in [-0.2, 0) is 6.18 Å². The predicted octanol–water partition coefficient (Wildman–Crippen LogP) is 5.48. The highest BCUT2D eigenvalue weighted by atomic mass is 35.5. The molecule has 0 bridgehead atoms. The average molecular weight is 314 g/mol. The van der Waals surface area contributed by atoms with Gasteiger partial charge in [-0.2, -0.15) is 18.4 Å². The second-order valence-corrected chi connectivity index (χ2v) is 5.64. The molecule has 1 aromatic heterocycles. The van der Waals surface area contributed by atoms with Crippen molar-refractivity contribution >= 4 is 34.6 Å². The van der Waals surface area contributed by atoms with Gasteiger partial charge in [0.2, 0.25) is 0 Å². The van der Waals surface area contributed by atoms with Crippen molar-refractivity contribution in [1.82, 2.24) is 0 Å². The number of benzene rings is 1. The SMILES string of the molecule is N#C/C(=C/c1ccc(Cl)s1)c1cccc(C(F)(F)F)c1. The lowest BCUT2D eigenvalue weighted by molar-refractivity contribution is -0.137. The molecule has 0 spiro atoms. The van der Waals surface area contributed by atoms with Crippen LogP contribution in [0.3, 0.4) is 0 Å². The first kappa shape index (κ1) is 14.6. The van der Waals surface area contributed by atoms with Crippen LogP contribution in [0.1, 0.15) is 16.0 Å². The zero-order valence-electron chi connectivity index (χ0n) is 9.91. The molecular formula is C14H7ClF3NS. The average Bonchev–Trinajstić information content (AvgIpc) is 2.81. The standard InChI is InChI=1S/C14H7ClF3NS/c15-13-5-4-12(20-13)7-10(8-19)9-2-1-3-11(6-9)14(16,17)18/h1-7H/b10-7-. The molecule has 0 aliphatic rings. The number of halogens is 4. The van der Waals surface area contributed by atoms with Crippen LogP contribution in [0.2, 0.25) is 4.34 Å². The fourth-order valence-corrected chi connectivity index (χ4v) is 2.60. The summed E-state index contributed by atoms with van der Waals surface area (Å²) >= 11 is 7.03. The fourth-order valence-electron chi connectivity index (χ4n) is 1.59. The van der Waals surface area contributed by atoms with Gasteiger partial charge in [0, 0.05) is 4.88 Å². The first-order valence-corrected chi connectivity index (χ1v) is 6.64. The van der Waals surface area contributed by atoms with Crippen molar-refractivity contribution in [2.75, 3.05) is 0 Å². The largest absolute Gasteiger partial charge is 0.416 e. The molecule has 6 heteroatoms. The zero-order valence-corrected chi connectivity index (χ0v) is 11.5. The lowest BCUT2D eigenvalue weighted by Crippen LogP contribution is -2.04. The number of hydrogen-bond acceptors (Lipinski definition) is 2. The van der Waals surface area contributed by atoms with Crippen LogP contribution in [0, 0.1) is 11.3 Å². The number of allylic oxidation sites excluding steroid dienone is 1. The minimum absolute atomic E-state index is 0.162. The summed E-state index contributed by atoms with van der Waals surface area (Å²) in [6.45, 7) is 0. The molecule has 0 aliphatic carbocycles. The number of nitrogens with zero attached hydrogens (tertiary/aromatic N) is 1. The number of thiophene rings is 1. The van der Waals surface area contributed by atoms with Crippen LogP contribution < -0.4 is 0 Å². The van der Waals surface area contributed by atoms with Gasteiger partial charge in [0.25, 0.3) is 0 Å². The molecule has 20 heavy (non-hydrogen) atoms. The summed E-state index contributed by atoms with van der Waals surface area (Å²) in [5, 5.41) is 9.11. The second-order valence-electron chi connectivity index (χ2n) is 3.89. The van der Waals surface area contributed by atoms with Gasteiger partial charge in [-0.15, -0.1) is 11.3 Å². The Morgan fingerprint density at radius 1 is 1.25 bits per heavy atom. The fraction of sp³-hybridized carbons (Fsp3) is 0.0714. The summed E-state index contributed by atoms with van der Waals surface area (Å²) in [6, 6.07) is 9.97. The molecule has 1 aromatic carbocycles. The Bertz CT molecular complexity index is 695. The molecule has 0 saturated carbocycles. The Labute approximate surface area is 122 Å². The third-order valence-corrected chi connectivity index (χ3v) is 3.68. The molecule has 102 valence electrons. The van der Waals surface area contributed by atoms with Crippen LogP contribution in [0.4, 0.5) is 13.2 Å². The van der Waals surface area contributed by atoms with E-state index in [1.807, 2.05) is 6.07 Å². The number of rotatable bonds is 2. The van der Waals surface area contributed by atoms with Crippen LogP contribution in [0.25, 0.3) is 11.6 Å². The van der Waals surface area contributed by atoms with Gasteiger partial charge in [-0.3, -0.25) is 0 Å². The number of nitriles is 1. The van der Waals surface area contributed by atoms with Crippen LogP contribution in [0.5, 0.6) is 0 Å². The van der Waals surface area contributed by atoms with E-state index in [0.717, 1.165) is 12.1 Å². The monoisotopic (exact) mass is 313 g/mol. The van der Waals surface area contributed by atoms with E-state index in [9.17, 15) is 13.2 Å². The molecule has 1 nitrogen and oxygen atoms in total.